The summed E-state index contributed by atoms with van der Waals surface area (Å²) in [5.41, 5.74) is 0. The molecule has 1 N–H and O–H groups in total. The first-order valence-electron chi connectivity index (χ1n) is 7.58. The Balaban J connectivity index is 1.60. The molecule has 3 rings (SSSR count). The molecule has 3 saturated heterocycles. The van der Waals surface area contributed by atoms with Gasteiger partial charge in [0.25, 0.3) is 0 Å². The minimum Gasteiger partial charge on any atom is -0.381 e. The Morgan fingerprint density at radius 1 is 1.24 bits per heavy atom. The van der Waals surface area contributed by atoms with Crippen LogP contribution in [0.3, 0.4) is 0 Å². The Morgan fingerprint density at radius 2 is 2.00 bits per heavy atom. The second-order valence-electron chi connectivity index (χ2n) is 5.90. The maximum atomic E-state index is 12.5. The van der Waals surface area contributed by atoms with E-state index in [1.165, 1.54) is 0 Å². The minimum atomic E-state index is -0.300. The highest BCUT2D eigenvalue weighted by atomic mass is 16.5. The fourth-order valence-corrected chi connectivity index (χ4v) is 3.33. The molecule has 3 aliphatic rings. The Bertz CT molecular complexity index is 448. The molecule has 0 radical (unpaired) electrons. The Kier molecular flexibility index (Phi) is 4.10. The molecule has 7 heteroatoms. The Hall–Kier alpha value is -1.63. The van der Waals surface area contributed by atoms with E-state index < -0.39 is 0 Å². The van der Waals surface area contributed by atoms with Crippen molar-refractivity contribution >= 4 is 17.7 Å². The van der Waals surface area contributed by atoms with Crippen LogP contribution in [-0.2, 0) is 19.1 Å². The predicted octanol–water partition coefficient (Wildman–Crippen LogP) is -1.03. The monoisotopic (exact) mass is 295 g/mol. The summed E-state index contributed by atoms with van der Waals surface area (Å²) in [6.07, 6.45) is 1.96. The van der Waals surface area contributed by atoms with Gasteiger partial charge < -0.3 is 19.9 Å². The van der Waals surface area contributed by atoms with Gasteiger partial charge in [0.1, 0.15) is 0 Å². The number of hydrogen-bond acceptors (Lipinski definition) is 4. The first-order valence-corrected chi connectivity index (χ1v) is 7.58. The van der Waals surface area contributed by atoms with E-state index in [0.29, 0.717) is 32.8 Å². The topological polar surface area (TPSA) is 79.0 Å². The van der Waals surface area contributed by atoms with Crippen LogP contribution in [0.5, 0.6) is 0 Å². The van der Waals surface area contributed by atoms with Crippen LogP contribution in [0.2, 0.25) is 0 Å². The number of ether oxygens (including phenoxy) is 1. The molecular formula is C14H21N3O4. The summed E-state index contributed by atoms with van der Waals surface area (Å²) in [7, 11) is 0. The van der Waals surface area contributed by atoms with Gasteiger partial charge in [0, 0.05) is 45.3 Å². The van der Waals surface area contributed by atoms with E-state index in [1.807, 2.05) is 4.90 Å². The van der Waals surface area contributed by atoms with Crippen LogP contribution in [0.25, 0.3) is 0 Å². The molecule has 0 aromatic carbocycles. The lowest BCUT2D eigenvalue weighted by Crippen LogP contribution is -2.52. The van der Waals surface area contributed by atoms with Gasteiger partial charge in [0.15, 0.2) is 0 Å². The maximum Gasteiger partial charge on any atom is 0.239 e. The van der Waals surface area contributed by atoms with Gasteiger partial charge in [0.05, 0.1) is 12.5 Å². The summed E-state index contributed by atoms with van der Waals surface area (Å²) in [5, 5.41) is 2.70. The minimum absolute atomic E-state index is 0.0571. The van der Waals surface area contributed by atoms with Crippen molar-refractivity contribution in [3.8, 4) is 0 Å². The molecule has 3 amide bonds. The molecule has 116 valence electrons. The van der Waals surface area contributed by atoms with Crippen molar-refractivity contribution in [1.82, 2.24) is 15.1 Å². The number of likely N-dealkylation sites (tertiary alicyclic amines) is 1. The third-order valence-corrected chi connectivity index (χ3v) is 4.49. The second kappa shape index (κ2) is 6.01. The number of amides is 3. The largest absolute Gasteiger partial charge is 0.381 e. The smallest absolute Gasteiger partial charge is 0.239 e. The van der Waals surface area contributed by atoms with Crippen LogP contribution >= 0.6 is 0 Å². The number of carbonyl (C=O) groups excluding carboxylic acids is 3. The van der Waals surface area contributed by atoms with Gasteiger partial charge in [-0.3, -0.25) is 14.4 Å². The van der Waals surface area contributed by atoms with Crippen LogP contribution in [0.1, 0.15) is 19.3 Å². The van der Waals surface area contributed by atoms with E-state index >= 15 is 0 Å². The summed E-state index contributed by atoms with van der Waals surface area (Å²) < 4.78 is 5.32. The van der Waals surface area contributed by atoms with Gasteiger partial charge in [-0.1, -0.05) is 0 Å². The number of piperazine rings is 1. The van der Waals surface area contributed by atoms with Crippen molar-refractivity contribution in [2.45, 2.75) is 25.3 Å². The molecule has 3 aliphatic heterocycles. The van der Waals surface area contributed by atoms with E-state index in [2.05, 4.69) is 5.32 Å². The van der Waals surface area contributed by atoms with Crippen LogP contribution in [0.15, 0.2) is 0 Å². The normalized spacial score (nSPS) is 27.9. The van der Waals surface area contributed by atoms with E-state index in [9.17, 15) is 14.4 Å². The zero-order chi connectivity index (χ0) is 14.8. The van der Waals surface area contributed by atoms with Gasteiger partial charge in [-0.05, 0) is 12.8 Å². The number of carbonyl (C=O) groups is 3. The van der Waals surface area contributed by atoms with Gasteiger partial charge in [-0.2, -0.15) is 0 Å². The molecule has 0 aromatic rings. The first-order chi connectivity index (χ1) is 10.1. The van der Waals surface area contributed by atoms with Crippen LogP contribution < -0.4 is 5.32 Å². The van der Waals surface area contributed by atoms with Crippen LogP contribution in [0.4, 0.5) is 0 Å². The van der Waals surface area contributed by atoms with Crippen molar-refractivity contribution in [1.29, 1.82) is 0 Å². The van der Waals surface area contributed by atoms with Gasteiger partial charge in [-0.15, -0.1) is 0 Å². The third-order valence-electron chi connectivity index (χ3n) is 4.49. The highest BCUT2D eigenvalue weighted by molar-refractivity contribution is 5.92. The number of nitrogens with zero attached hydrogens (tertiary/aromatic N) is 2. The molecule has 0 aliphatic carbocycles. The zero-order valence-corrected chi connectivity index (χ0v) is 12.0. The molecule has 0 saturated carbocycles. The van der Waals surface area contributed by atoms with Gasteiger partial charge in [0.2, 0.25) is 17.7 Å². The Morgan fingerprint density at radius 3 is 2.71 bits per heavy atom. The van der Waals surface area contributed by atoms with E-state index in [0.717, 1.165) is 12.8 Å². The molecule has 7 nitrogen and oxygen atoms in total. The number of nitrogens with one attached hydrogen (secondary N) is 1. The quantitative estimate of drug-likeness (QED) is 0.707. The molecule has 3 fully saturated rings. The van der Waals surface area contributed by atoms with E-state index in [4.69, 9.17) is 4.74 Å². The molecule has 0 spiro atoms. The van der Waals surface area contributed by atoms with Crippen LogP contribution in [-0.4, -0.2) is 73.0 Å². The van der Waals surface area contributed by atoms with Crippen LogP contribution in [0, 0.1) is 5.92 Å². The molecule has 0 bridgehead atoms. The predicted molar refractivity (Wildman–Crippen MR) is 73.3 cm³/mol. The number of rotatable bonds is 2. The lowest BCUT2D eigenvalue weighted by molar-refractivity contribution is -0.141. The summed E-state index contributed by atoms with van der Waals surface area (Å²) >= 11 is 0. The summed E-state index contributed by atoms with van der Waals surface area (Å²) in [6, 6.07) is 0.203. The van der Waals surface area contributed by atoms with Gasteiger partial charge in [-0.25, -0.2) is 0 Å². The fraction of sp³-hybridized carbons (Fsp3) is 0.786. The summed E-state index contributed by atoms with van der Waals surface area (Å²) in [4.78, 5) is 39.4. The van der Waals surface area contributed by atoms with Crippen molar-refractivity contribution < 1.29 is 19.1 Å². The molecule has 1 atom stereocenters. The lowest BCUT2D eigenvalue weighted by atomic mass is 10.1. The third kappa shape index (κ3) is 3.02. The lowest BCUT2D eigenvalue weighted by Gasteiger charge is -2.32. The zero-order valence-electron chi connectivity index (χ0n) is 12.0. The molecule has 1 unspecified atom stereocenters. The highest BCUT2D eigenvalue weighted by Crippen LogP contribution is 2.26. The number of hydrogen-bond donors (Lipinski definition) is 1. The maximum absolute atomic E-state index is 12.5. The second-order valence-corrected chi connectivity index (χ2v) is 5.90. The van der Waals surface area contributed by atoms with Crippen molar-refractivity contribution in [3.05, 3.63) is 0 Å². The summed E-state index contributed by atoms with van der Waals surface area (Å²) in [5.74, 6) is -0.430. The first kappa shape index (κ1) is 14.3. The summed E-state index contributed by atoms with van der Waals surface area (Å²) in [6.45, 7) is 2.99. The van der Waals surface area contributed by atoms with Gasteiger partial charge >= 0.3 is 0 Å². The van der Waals surface area contributed by atoms with Crippen molar-refractivity contribution in [2.24, 2.45) is 5.92 Å². The average Bonchev–Trinajstić information content (AvgIpc) is 2.89. The highest BCUT2D eigenvalue weighted by Gasteiger charge is 2.40. The average molecular weight is 295 g/mol. The molecule has 0 aromatic heterocycles. The molecule has 3 heterocycles. The van der Waals surface area contributed by atoms with Crippen molar-refractivity contribution in [3.63, 3.8) is 0 Å². The molecular weight excluding hydrogens is 274 g/mol. The van der Waals surface area contributed by atoms with E-state index in [-0.39, 0.29) is 42.6 Å². The Labute approximate surface area is 123 Å². The standard InChI is InChI=1S/C14H21N3O4/c18-12-9-16(4-3-15-12)14(20)10-7-13(19)17(8-10)11-1-5-21-6-2-11/h10-11H,1-9H2,(H,15,18). The fourth-order valence-electron chi connectivity index (χ4n) is 3.33. The van der Waals surface area contributed by atoms with Crippen molar-refractivity contribution in [2.75, 3.05) is 39.4 Å². The SMILES string of the molecule is O=C1CN(C(=O)C2CC(=O)N(C3CCOCC3)C2)CCN1. The molecule has 21 heavy (non-hydrogen) atoms. The van der Waals surface area contributed by atoms with E-state index in [1.54, 1.807) is 4.90 Å².